The minimum atomic E-state index is -2.77. The molecule has 1 N–H and O–H groups in total. The van der Waals surface area contributed by atoms with E-state index in [2.05, 4.69) is 5.32 Å². The maximum absolute atomic E-state index is 11.4. The summed E-state index contributed by atoms with van der Waals surface area (Å²) in [5, 5.41) is 2.96. The van der Waals surface area contributed by atoms with Gasteiger partial charge in [0.15, 0.2) is 9.84 Å². The van der Waals surface area contributed by atoms with E-state index >= 15 is 0 Å². The Bertz CT molecular complexity index is 248. The van der Waals surface area contributed by atoms with Gasteiger partial charge in [0.2, 0.25) is 0 Å². The van der Waals surface area contributed by atoms with Crippen LogP contribution in [-0.4, -0.2) is 32.5 Å². The highest BCUT2D eigenvalue weighted by molar-refractivity contribution is 7.92. The lowest BCUT2D eigenvalue weighted by molar-refractivity contribution is 0.422. The molecule has 0 aliphatic carbocycles. The van der Waals surface area contributed by atoms with E-state index in [1.54, 1.807) is 6.92 Å². The topological polar surface area (TPSA) is 46.2 Å². The van der Waals surface area contributed by atoms with Crippen LogP contribution in [0.3, 0.4) is 0 Å². The molecule has 0 amide bonds. The van der Waals surface area contributed by atoms with Crippen molar-refractivity contribution in [3.8, 4) is 0 Å². The van der Waals surface area contributed by atoms with Gasteiger partial charge in [0.05, 0.1) is 11.0 Å². The Morgan fingerprint density at radius 2 is 2.08 bits per heavy atom. The molecule has 3 unspecified atom stereocenters. The fraction of sp³-hybridized carbons (Fsp3) is 1.00. The molecule has 3 atom stereocenters. The number of hydrogen-bond acceptors (Lipinski definition) is 3. The molecule has 3 nitrogen and oxygen atoms in total. The van der Waals surface area contributed by atoms with Gasteiger partial charge in [-0.05, 0) is 33.2 Å². The fourth-order valence-electron chi connectivity index (χ4n) is 1.69. The molecule has 1 aliphatic heterocycles. The summed E-state index contributed by atoms with van der Waals surface area (Å²) in [6, 6.07) is 0.310. The van der Waals surface area contributed by atoms with E-state index in [0.29, 0.717) is 17.7 Å². The predicted octanol–water partition coefficient (Wildman–Crippen LogP) is 0.417. The van der Waals surface area contributed by atoms with E-state index in [1.807, 2.05) is 14.0 Å². The van der Waals surface area contributed by atoms with E-state index in [-0.39, 0.29) is 5.25 Å². The summed E-state index contributed by atoms with van der Waals surface area (Å²) >= 11 is 0. The lowest BCUT2D eigenvalue weighted by Gasteiger charge is -2.16. The summed E-state index contributed by atoms with van der Waals surface area (Å²) in [6.07, 6.45) is 0.810. The van der Waals surface area contributed by atoms with Gasteiger partial charge in [-0.25, -0.2) is 8.42 Å². The minimum absolute atomic E-state index is 0.140. The average molecular weight is 191 g/mol. The summed E-state index contributed by atoms with van der Waals surface area (Å²) in [5.74, 6) is 0.658. The van der Waals surface area contributed by atoms with Crippen molar-refractivity contribution in [3.05, 3.63) is 0 Å². The largest absolute Gasteiger partial charge is 0.317 e. The van der Waals surface area contributed by atoms with Crippen molar-refractivity contribution in [1.29, 1.82) is 0 Å². The standard InChI is InChI=1S/C8H17NO2S/c1-6-4-8(7(2)9-3)5-12(6,10)11/h6-9H,4-5H2,1-3H3. The number of rotatable bonds is 2. The molecule has 0 radical (unpaired) electrons. The van der Waals surface area contributed by atoms with Crippen molar-refractivity contribution in [2.75, 3.05) is 12.8 Å². The Kier molecular flexibility index (Phi) is 2.78. The van der Waals surface area contributed by atoms with Gasteiger partial charge < -0.3 is 5.32 Å². The summed E-state index contributed by atoms with van der Waals surface area (Å²) in [6.45, 7) is 3.84. The number of nitrogens with one attached hydrogen (secondary N) is 1. The van der Waals surface area contributed by atoms with Gasteiger partial charge in [0.1, 0.15) is 0 Å². The second-order valence-corrected chi connectivity index (χ2v) is 6.18. The highest BCUT2D eigenvalue weighted by Gasteiger charge is 2.37. The van der Waals surface area contributed by atoms with Crippen molar-refractivity contribution in [3.63, 3.8) is 0 Å². The third-order valence-electron chi connectivity index (χ3n) is 2.86. The molecule has 1 rings (SSSR count). The molecule has 4 heteroatoms. The molecule has 0 aromatic rings. The van der Waals surface area contributed by atoms with Crippen molar-refractivity contribution in [1.82, 2.24) is 5.32 Å². The molecule has 0 saturated carbocycles. The van der Waals surface area contributed by atoms with Crippen molar-refractivity contribution in [2.45, 2.75) is 31.6 Å². The van der Waals surface area contributed by atoms with Crippen molar-refractivity contribution < 1.29 is 8.42 Å². The Balaban J connectivity index is 2.67. The zero-order chi connectivity index (χ0) is 9.35. The molecule has 12 heavy (non-hydrogen) atoms. The average Bonchev–Trinajstić information content (AvgIpc) is 2.25. The first-order valence-electron chi connectivity index (χ1n) is 4.36. The Labute approximate surface area is 74.5 Å². The van der Waals surface area contributed by atoms with Crippen LogP contribution < -0.4 is 5.32 Å². The monoisotopic (exact) mass is 191 g/mol. The van der Waals surface area contributed by atoms with Crippen LogP contribution in [0, 0.1) is 5.92 Å². The summed E-state index contributed by atoms with van der Waals surface area (Å²) in [5.41, 5.74) is 0. The van der Waals surface area contributed by atoms with E-state index in [9.17, 15) is 8.42 Å². The minimum Gasteiger partial charge on any atom is -0.317 e. The van der Waals surface area contributed by atoms with Crippen LogP contribution in [0.25, 0.3) is 0 Å². The first-order chi connectivity index (χ1) is 5.47. The van der Waals surface area contributed by atoms with E-state index in [1.165, 1.54) is 0 Å². The maximum Gasteiger partial charge on any atom is 0.153 e. The highest BCUT2D eigenvalue weighted by atomic mass is 32.2. The Hall–Kier alpha value is -0.0900. The molecule has 72 valence electrons. The van der Waals surface area contributed by atoms with Gasteiger partial charge in [-0.2, -0.15) is 0 Å². The molecule has 0 bridgehead atoms. The molecule has 1 aliphatic rings. The van der Waals surface area contributed by atoms with Gasteiger partial charge in [0, 0.05) is 6.04 Å². The summed E-state index contributed by atoms with van der Waals surface area (Å²) in [7, 11) is -0.894. The van der Waals surface area contributed by atoms with Gasteiger partial charge in [0.25, 0.3) is 0 Å². The van der Waals surface area contributed by atoms with Crippen LogP contribution in [-0.2, 0) is 9.84 Å². The Morgan fingerprint density at radius 3 is 2.42 bits per heavy atom. The molecule has 0 aromatic carbocycles. The molecular formula is C8H17NO2S. The normalized spacial score (nSPS) is 36.6. The Morgan fingerprint density at radius 1 is 1.50 bits per heavy atom. The van der Waals surface area contributed by atoms with Gasteiger partial charge in [-0.1, -0.05) is 0 Å². The summed E-state index contributed by atoms with van der Waals surface area (Å²) < 4.78 is 22.7. The second-order valence-electron chi connectivity index (χ2n) is 3.71. The van der Waals surface area contributed by atoms with Crippen molar-refractivity contribution >= 4 is 9.84 Å². The predicted molar refractivity (Wildman–Crippen MR) is 49.9 cm³/mol. The second kappa shape index (κ2) is 3.34. The molecular weight excluding hydrogens is 174 g/mol. The SMILES string of the molecule is CNC(C)C1CC(C)S(=O)(=O)C1. The van der Waals surface area contributed by atoms with Crippen molar-refractivity contribution in [2.24, 2.45) is 5.92 Å². The maximum atomic E-state index is 11.4. The molecule has 1 saturated heterocycles. The summed E-state index contributed by atoms with van der Waals surface area (Å²) in [4.78, 5) is 0. The molecule has 0 aromatic heterocycles. The third-order valence-corrected chi connectivity index (χ3v) is 5.17. The van der Waals surface area contributed by atoms with E-state index in [4.69, 9.17) is 0 Å². The van der Waals surface area contributed by atoms with Crippen LogP contribution >= 0.6 is 0 Å². The number of sulfone groups is 1. The molecule has 0 spiro atoms. The lowest BCUT2D eigenvalue weighted by atomic mass is 9.99. The van der Waals surface area contributed by atoms with Crippen LogP contribution in [0.4, 0.5) is 0 Å². The number of hydrogen-bond donors (Lipinski definition) is 1. The lowest BCUT2D eigenvalue weighted by Crippen LogP contribution is -2.31. The third kappa shape index (κ3) is 1.80. The quantitative estimate of drug-likeness (QED) is 0.688. The van der Waals surface area contributed by atoms with Gasteiger partial charge in [-0.3, -0.25) is 0 Å². The highest BCUT2D eigenvalue weighted by Crippen LogP contribution is 2.27. The van der Waals surface area contributed by atoms with Crippen LogP contribution in [0.15, 0.2) is 0 Å². The van der Waals surface area contributed by atoms with Crippen LogP contribution in [0.2, 0.25) is 0 Å². The smallest absolute Gasteiger partial charge is 0.153 e. The fourth-order valence-corrected chi connectivity index (χ4v) is 3.58. The van der Waals surface area contributed by atoms with Crippen LogP contribution in [0.5, 0.6) is 0 Å². The van der Waals surface area contributed by atoms with Gasteiger partial charge >= 0.3 is 0 Å². The zero-order valence-corrected chi connectivity index (χ0v) is 8.69. The first-order valence-corrected chi connectivity index (χ1v) is 6.07. The van der Waals surface area contributed by atoms with Crippen LogP contribution in [0.1, 0.15) is 20.3 Å². The van der Waals surface area contributed by atoms with E-state index in [0.717, 1.165) is 6.42 Å². The molecule has 1 fully saturated rings. The van der Waals surface area contributed by atoms with E-state index < -0.39 is 9.84 Å². The first kappa shape index (κ1) is 9.99. The van der Waals surface area contributed by atoms with Gasteiger partial charge in [-0.15, -0.1) is 0 Å². The molecule has 1 heterocycles. The zero-order valence-electron chi connectivity index (χ0n) is 7.87.